The largest absolute Gasteiger partial charge is 0.354 e. The summed E-state index contributed by atoms with van der Waals surface area (Å²) >= 11 is 0. The number of aryl methyl sites for hydroxylation is 1. The van der Waals surface area contributed by atoms with E-state index in [0.29, 0.717) is 5.56 Å². The zero-order valence-corrected chi connectivity index (χ0v) is 10.6. The summed E-state index contributed by atoms with van der Waals surface area (Å²) in [6.07, 6.45) is 0.520. The maximum Gasteiger partial charge on any atom is 0.220 e. The summed E-state index contributed by atoms with van der Waals surface area (Å²) in [5.74, 6) is -0.0515. The van der Waals surface area contributed by atoms with E-state index in [9.17, 15) is 9.59 Å². The second-order valence-corrected chi connectivity index (χ2v) is 4.51. The van der Waals surface area contributed by atoms with Gasteiger partial charge in [0, 0.05) is 24.4 Å². The molecule has 0 fully saturated rings. The highest BCUT2D eigenvalue weighted by Crippen LogP contribution is 2.07. The van der Waals surface area contributed by atoms with Crippen molar-refractivity contribution in [2.24, 2.45) is 0 Å². The van der Waals surface area contributed by atoms with Crippen molar-refractivity contribution in [2.75, 3.05) is 0 Å². The fourth-order valence-corrected chi connectivity index (χ4v) is 1.50. The SMILES string of the molecule is Cc1ccc(C(=O)CCC(=O)NC(C)C)cc1. The lowest BCUT2D eigenvalue weighted by Gasteiger charge is -2.07. The Morgan fingerprint density at radius 3 is 2.24 bits per heavy atom. The van der Waals surface area contributed by atoms with E-state index in [1.165, 1.54) is 0 Å². The molecule has 0 saturated heterocycles. The highest BCUT2D eigenvalue weighted by Gasteiger charge is 2.09. The Hall–Kier alpha value is -1.64. The highest BCUT2D eigenvalue weighted by molar-refractivity contribution is 5.97. The highest BCUT2D eigenvalue weighted by atomic mass is 16.2. The fourth-order valence-electron chi connectivity index (χ4n) is 1.50. The van der Waals surface area contributed by atoms with E-state index in [1.54, 1.807) is 12.1 Å². The molecule has 1 aromatic rings. The van der Waals surface area contributed by atoms with Crippen molar-refractivity contribution in [1.29, 1.82) is 0 Å². The summed E-state index contributed by atoms with van der Waals surface area (Å²) in [4.78, 5) is 23.1. The molecule has 3 heteroatoms. The van der Waals surface area contributed by atoms with Gasteiger partial charge in [0.2, 0.25) is 5.91 Å². The third-order valence-corrected chi connectivity index (χ3v) is 2.40. The van der Waals surface area contributed by atoms with E-state index < -0.39 is 0 Å². The van der Waals surface area contributed by atoms with Gasteiger partial charge in [0.1, 0.15) is 0 Å². The van der Waals surface area contributed by atoms with Crippen LogP contribution in [-0.2, 0) is 4.79 Å². The van der Waals surface area contributed by atoms with Crippen LogP contribution in [0.3, 0.4) is 0 Å². The minimum absolute atomic E-state index is 0.0175. The van der Waals surface area contributed by atoms with Gasteiger partial charge in [-0.2, -0.15) is 0 Å². The standard InChI is InChI=1S/C14H19NO2/c1-10(2)15-14(17)9-8-13(16)12-6-4-11(3)5-7-12/h4-7,10H,8-9H2,1-3H3,(H,15,17). The molecule has 1 amide bonds. The quantitative estimate of drug-likeness (QED) is 0.794. The molecule has 0 atom stereocenters. The van der Waals surface area contributed by atoms with E-state index >= 15 is 0 Å². The molecule has 1 rings (SSSR count). The van der Waals surface area contributed by atoms with Gasteiger partial charge in [-0.15, -0.1) is 0 Å². The normalized spacial score (nSPS) is 10.4. The number of hydrogen-bond acceptors (Lipinski definition) is 2. The van der Waals surface area contributed by atoms with E-state index in [-0.39, 0.29) is 30.6 Å². The van der Waals surface area contributed by atoms with Crippen molar-refractivity contribution in [1.82, 2.24) is 5.32 Å². The lowest BCUT2D eigenvalue weighted by Crippen LogP contribution is -2.30. The van der Waals surface area contributed by atoms with Crippen LogP contribution in [-0.4, -0.2) is 17.7 Å². The number of ketones is 1. The first kappa shape index (κ1) is 13.4. The second-order valence-electron chi connectivity index (χ2n) is 4.51. The van der Waals surface area contributed by atoms with E-state index in [2.05, 4.69) is 5.32 Å². The van der Waals surface area contributed by atoms with Gasteiger partial charge in [-0.05, 0) is 20.8 Å². The zero-order valence-electron chi connectivity index (χ0n) is 10.6. The molecule has 1 aromatic carbocycles. The minimum Gasteiger partial charge on any atom is -0.354 e. The Bertz CT molecular complexity index is 393. The molecule has 0 aliphatic carbocycles. The van der Waals surface area contributed by atoms with Crippen molar-refractivity contribution in [2.45, 2.75) is 39.7 Å². The van der Waals surface area contributed by atoms with Crippen LogP contribution in [0, 0.1) is 6.92 Å². The molecule has 0 bridgehead atoms. The smallest absolute Gasteiger partial charge is 0.220 e. The van der Waals surface area contributed by atoms with Crippen LogP contribution in [0.5, 0.6) is 0 Å². The van der Waals surface area contributed by atoms with Crippen LogP contribution >= 0.6 is 0 Å². The Labute approximate surface area is 102 Å². The number of Topliss-reactive ketones (excluding diaryl/α,β-unsaturated/α-hetero) is 1. The zero-order chi connectivity index (χ0) is 12.8. The third-order valence-electron chi connectivity index (χ3n) is 2.40. The van der Waals surface area contributed by atoms with Crippen LogP contribution in [0.4, 0.5) is 0 Å². The lowest BCUT2D eigenvalue weighted by atomic mass is 10.0. The molecule has 0 spiro atoms. The first-order valence-corrected chi connectivity index (χ1v) is 5.88. The minimum atomic E-state index is -0.0690. The Morgan fingerprint density at radius 1 is 1.12 bits per heavy atom. The van der Waals surface area contributed by atoms with Crippen molar-refractivity contribution in [3.05, 3.63) is 35.4 Å². The summed E-state index contributed by atoms with van der Waals surface area (Å²) < 4.78 is 0. The average Bonchev–Trinajstić information content (AvgIpc) is 2.26. The summed E-state index contributed by atoms with van der Waals surface area (Å²) in [5, 5.41) is 2.77. The number of carbonyl (C=O) groups excluding carboxylic acids is 2. The monoisotopic (exact) mass is 233 g/mol. The molecule has 92 valence electrons. The van der Waals surface area contributed by atoms with Gasteiger partial charge in [0.15, 0.2) is 5.78 Å². The van der Waals surface area contributed by atoms with Crippen molar-refractivity contribution in [3.8, 4) is 0 Å². The third kappa shape index (κ3) is 4.81. The van der Waals surface area contributed by atoms with Gasteiger partial charge >= 0.3 is 0 Å². The number of amides is 1. The Balaban J connectivity index is 2.45. The molecule has 0 heterocycles. The second kappa shape index (κ2) is 6.18. The predicted octanol–water partition coefficient (Wildman–Crippen LogP) is 2.48. The topological polar surface area (TPSA) is 46.2 Å². The molecule has 1 N–H and O–H groups in total. The number of benzene rings is 1. The van der Waals surface area contributed by atoms with E-state index in [4.69, 9.17) is 0 Å². The Kier molecular flexibility index (Phi) is 4.88. The fraction of sp³-hybridized carbons (Fsp3) is 0.429. The molecular weight excluding hydrogens is 214 g/mol. The van der Waals surface area contributed by atoms with Crippen LogP contribution in [0.15, 0.2) is 24.3 Å². The van der Waals surface area contributed by atoms with Crippen molar-refractivity contribution < 1.29 is 9.59 Å². The number of hydrogen-bond donors (Lipinski definition) is 1. The predicted molar refractivity (Wildman–Crippen MR) is 68.0 cm³/mol. The maximum atomic E-state index is 11.8. The van der Waals surface area contributed by atoms with E-state index in [0.717, 1.165) is 5.56 Å². The van der Waals surface area contributed by atoms with E-state index in [1.807, 2.05) is 32.9 Å². The first-order chi connectivity index (χ1) is 7.99. The van der Waals surface area contributed by atoms with Crippen LogP contribution < -0.4 is 5.32 Å². The van der Waals surface area contributed by atoms with Crippen LogP contribution in [0.25, 0.3) is 0 Å². The summed E-state index contributed by atoms with van der Waals surface area (Å²) in [6, 6.07) is 7.54. The van der Waals surface area contributed by atoms with Crippen LogP contribution in [0.1, 0.15) is 42.6 Å². The van der Waals surface area contributed by atoms with Gasteiger partial charge in [-0.3, -0.25) is 9.59 Å². The van der Waals surface area contributed by atoms with Gasteiger partial charge in [-0.1, -0.05) is 29.8 Å². The lowest BCUT2D eigenvalue weighted by molar-refractivity contribution is -0.121. The number of rotatable bonds is 5. The summed E-state index contributed by atoms with van der Waals surface area (Å²) in [6.45, 7) is 5.78. The number of nitrogens with one attached hydrogen (secondary N) is 1. The summed E-state index contributed by atoms with van der Waals surface area (Å²) in [7, 11) is 0. The van der Waals surface area contributed by atoms with Crippen molar-refractivity contribution in [3.63, 3.8) is 0 Å². The molecule has 3 nitrogen and oxygen atoms in total. The molecular formula is C14H19NO2. The van der Waals surface area contributed by atoms with Gasteiger partial charge in [0.05, 0.1) is 0 Å². The molecule has 0 unspecified atom stereocenters. The van der Waals surface area contributed by atoms with Gasteiger partial charge in [0.25, 0.3) is 0 Å². The number of carbonyl (C=O) groups is 2. The van der Waals surface area contributed by atoms with Gasteiger partial charge < -0.3 is 5.32 Å². The molecule has 0 radical (unpaired) electrons. The molecule has 17 heavy (non-hydrogen) atoms. The van der Waals surface area contributed by atoms with Crippen molar-refractivity contribution >= 4 is 11.7 Å². The molecule has 0 saturated carbocycles. The van der Waals surface area contributed by atoms with Gasteiger partial charge in [-0.25, -0.2) is 0 Å². The Morgan fingerprint density at radius 2 is 1.71 bits per heavy atom. The molecule has 0 aliphatic heterocycles. The molecule has 0 aliphatic rings. The first-order valence-electron chi connectivity index (χ1n) is 5.88. The molecule has 0 aromatic heterocycles. The van der Waals surface area contributed by atoms with Crippen LogP contribution in [0.2, 0.25) is 0 Å². The average molecular weight is 233 g/mol. The summed E-state index contributed by atoms with van der Waals surface area (Å²) in [5.41, 5.74) is 1.80. The maximum absolute atomic E-state index is 11.8.